The average molecular weight is 478 g/mol. The summed E-state index contributed by atoms with van der Waals surface area (Å²) in [5.41, 5.74) is 2.47. The largest absolute Gasteiger partial charge is 0.492 e. The van der Waals surface area contributed by atoms with Gasteiger partial charge in [0.05, 0.1) is 42.1 Å². The number of hydrogen-bond donors (Lipinski definition) is 1. The van der Waals surface area contributed by atoms with Gasteiger partial charge in [-0.15, -0.1) is 0 Å². The summed E-state index contributed by atoms with van der Waals surface area (Å²) in [5, 5.41) is 3.21. The van der Waals surface area contributed by atoms with Crippen LogP contribution in [-0.2, 0) is 20.1 Å². The minimum atomic E-state index is -0.425. The molecule has 2 aromatic heterocycles. The Morgan fingerprint density at radius 2 is 1.79 bits per heavy atom. The van der Waals surface area contributed by atoms with Gasteiger partial charge in [0.15, 0.2) is 0 Å². The molecule has 0 aliphatic carbocycles. The number of nitrogens with zero attached hydrogens (tertiary/aromatic N) is 4. The Hall–Kier alpha value is -3.91. The number of benzene rings is 2. The highest BCUT2D eigenvalue weighted by atomic mass is 35.5. The minimum Gasteiger partial charge on any atom is -0.492 e. The number of fused-ring (bicyclic) bond motifs is 1. The smallest absolute Gasteiger partial charge is 0.322 e. The molecule has 0 radical (unpaired) electrons. The number of carbonyl (C=O) groups excluding carboxylic acids is 1. The maximum absolute atomic E-state index is 13.4. The summed E-state index contributed by atoms with van der Waals surface area (Å²) < 4.78 is 7.16. The summed E-state index contributed by atoms with van der Waals surface area (Å²) in [6.07, 6.45) is 0. The molecule has 4 aromatic rings. The first-order valence-electron chi connectivity index (χ1n) is 10.8. The molecular formula is C25H24ClN5O3. The first-order chi connectivity index (χ1) is 16.5. The lowest BCUT2D eigenvalue weighted by atomic mass is 10.2. The fourth-order valence-electron chi connectivity index (χ4n) is 3.60. The number of para-hydroxylation sites is 4. The van der Waals surface area contributed by atoms with Crippen LogP contribution in [0.3, 0.4) is 0 Å². The number of rotatable bonds is 7. The second-order valence-corrected chi connectivity index (χ2v) is 7.97. The van der Waals surface area contributed by atoms with Crippen molar-refractivity contribution < 1.29 is 9.53 Å². The van der Waals surface area contributed by atoms with Gasteiger partial charge in [0.25, 0.3) is 5.56 Å². The number of anilines is 1. The maximum atomic E-state index is 13.4. The lowest BCUT2D eigenvalue weighted by Crippen LogP contribution is -2.37. The van der Waals surface area contributed by atoms with Crippen molar-refractivity contribution in [1.29, 1.82) is 0 Å². The van der Waals surface area contributed by atoms with Crippen LogP contribution in [0, 0.1) is 0 Å². The Kier molecular flexibility index (Phi) is 7.08. The maximum Gasteiger partial charge on any atom is 0.322 e. The van der Waals surface area contributed by atoms with Crippen molar-refractivity contribution in [3.8, 4) is 5.75 Å². The summed E-state index contributed by atoms with van der Waals surface area (Å²) >= 11 is 6.05. The molecule has 0 atom stereocenters. The van der Waals surface area contributed by atoms with Crippen molar-refractivity contribution in [2.24, 2.45) is 7.05 Å². The van der Waals surface area contributed by atoms with Crippen LogP contribution in [0.1, 0.15) is 18.3 Å². The molecule has 0 bridgehead atoms. The van der Waals surface area contributed by atoms with Gasteiger partial charge >= 0.3 is 6.03 Å². The normalized spacial score (nSPS) is 10.8. The molecule has 8 nitrogen and oxygen atoms in total. The molecule has 1 N–H and O–H groups in total. The molecule has 2 heterocycles. The van der Waals surface area contributed by atoms with E-state index in [0.29, 0.717) is 34.4 Å². The Balaban J connectivity index is 1.69. The van der Waals surface area contributed by atoms with Gasteiger partial charge in [0.1, 0.15) is 16.6 Å². The molecule has 34 heavy (non-hydrogen) atoms. The monoisotopic (exact) mass is 477 g/mol. The number of aryl methyl sites for hydroxylation is 1. The molecular weight excluding hydrogens is 454 g/mol. The van der Waals surface area contributed by atoms with E-state index in [0.717, 1.165) is 5.52 Å². The van der Waals surface area contributed by atoms with Crippen LogP contribution in [0.15, 0.2) is 71.5 Å². The molecule has 4 rings (SSSR count). The van der Waals surface area contributed by atoms with Crippen molar-refractivity contribution in [2.45, 2.75) is 20.0 Å². The van der Waals surface area contributed by atoms with Crippen molar-refractivity contribution in [2.75, 3.05) is 11.9 Å². The third kappa shape index (κ3) is 5.18. The SMILES string of the molecule is CCOc1ccccc1NC(=O)N(Cc1cccc(Cl)n1)Cc1nc2ccccc2n(C)c1=O. The molecule has 0 saturated heterocycles. The quantitative estimate of drug-likeness (QED) is 0.392. The number of hydrogen-bond acceptors (Lipinski definition) is 5. The van der Waals surface area contributed by atoms with Crippen LogP contribution < -0.4 is 15.6 Å². The van der Waals surface area contributed by atoms with E-state index in [2.05, 4.69) is 15.3 Å². The van der Waals surface area contributed by atoms with Crippen molar-refractivity contribution in [3.05, 3.63) is 93.6 Å². The van der Waals surface area contributed by atoms with Crippen molar-refractivity contribution >= 4 is 34.4 Å². The van der Waals surface area contributed by atoms with Crippen LogP contribution in [0.5, 0.6) is 5.75 Å². The minimum absolute atomic E-state index is 0.0195. The lowest BCUT2D eigenvalue weighted by molar-refractivity contribution is 0.204. The predicted molar refractivity (Wildman–Crippen MR) is 132 cm³/mol. The average Bonchev–Trinajstić information content (AvgIpc) is 2.83. The summed E-state index contributed by atoms with van der Waals surface area (Å²) in [4.78, 5) is 36.7. The molecule has 0 spiro atoms. The van der Waals surface area contributed by atoms with Gasteiger partial charge in [0.2, 0.25) is 0 Å². The summed E-state index contributed by atoms with van der Waals surface area (Å²) in [6, 6.07) is 19.3. The first kappa shape index (κ1) is 23.3. The van der Waals surface area contributed by atoms with Gasteiger partial charge < -0.3 is 19.5 Å². The number of ether oxygens (including phenoxy) is 1. The molecule has 174 valence electrons. The second-order valence-electron chi connectivity index (χ2n) is 7.58. The van der Waals surface area contributed by atoms with Crippen LogP contribution in [0.2, 0.25) is 5.15 Å². The van der Waals surface area contributed by atoms with E-state index in [1.165, 1.54) is 9.47 Å². The van der Waals surface area contributed by atoms with Crippen LogP contribution in [0.4, 0.5) is 10.5 Å². The van der Waals surface area contributed by atoms with E-state index in [1.807, 2.05) is 43.3 Å². The standard InChI is InChI=1S/C25H24ClN5O3/c1-3-34-22-13-7-5-11-19(22)29-25(33)31(15-17-9-8-14-23(26)27-17)16-20-24(32)30(2)21-12-6-4-10-18(21)28-20/h4-14H,3,15-16H2,1-2H3,(H,29,33). The molecule has 0 aliphatic rings. The Morgan fingerprint density at radius 1 is 1.03 bits per heavy atom. The zero-order chi connectivity index (χ0) is 24.1. The number of aromatic nitrogens is 3. The molecule has 0 unspecified atom stereocenters. The molecule has 0 fully saturated rings. The number of halogens is 1. The number of pyridine rings is 1. The number of amides is 2. The van der Waals surface area contributed by atoms with E-state index in [4.69, 9.17) is 16.3 Å². The zero-order valence-electron chi connectivity index (χ0n) is 18.9. The zero-order valence-corrected chi connectivity index (χ0v) is 19.6. The van der Waals surface area contributed by atoms with E-state index in [-0.39, 0.29) is 24.3 Å². The van der Waals surface area contributed by atoms with Crippen LogP contribution in [-0.4, -0.2) is 32.1 Å². The van der Waals surface area contributed by atoms with E-state index in [1.54, 1.807) is 37.4 Å². The molecule has 0 aliphatic heterocycles. The number of carbonyl (C=O) groups is 1. The lowest BCUT2D eigenvalue weighted by Gasteiger charge is -2.23. The number of urea groups is 1. The third-order valence-corrected chi connectivity index (χ3v) is 5.44. The van der Waals surface area contributed by atoms with Gasteiger partial charge in [-0.05, 0) is 43.3 Å². The van der Waals surface area contributed by atoms with Gasteiger partial charge in [-0.25, -0.2) is 14.8 Å². The Bertz CT molecular complexity index is 1390. The van der Waals surface area contributed by atoms with Gasteiger partial charge in [-0.1, -0.05) is 41.9 Å². The fraction of sp³-hybridized carbons (Fsp3) is 0.200. The van der Waals surface area contributed by atoms with Crippen LogP contribution >= 0.6 is 11.6 Å². The highest BCUT2D eigenvalue weighted by Gasteiger charge is 2.20. The van der Waals surface area contributed by atoms with E-state index in [9.17, 15) is 9.59 Å². The van der Waals surface area contributed by atoms with Gasteiger partial charge in [-0.3, -0.25) is 4.79 Å². The van der Waals surface area contributed by atoms with Crippen LogP contribution in [0.25, 0.3) is 11.0 Å². The van der Waals surface area contributed by atoms with E-state index >= 15 is 0 Å². The summed E-state index contributed by atoms with van der Waals surface area (Å²) in [6.45, 7) is 2.44. The molecule has 9 heteroatoms. The van der Waals surface area contributed by atoms with Crippen molar-refractivity contribution in [3.63, 3.8) is 0 Å². The van der Waals surface area contributed by atoms with Crippen molar-refractivity contribution in [1.82, 2.24) is 19.4 Å². The molecule has 2 aromatic carbocycles. The Morgan fingerprint density at radius 3 is 2.59 bits per heavy atom. The molecule has 0 saturated carbocycles. The first-order valence-corrected chi connectivity index (χ1v) is 11.2. The fourth-order valence-corrected chi connectivity index (χ4v) is 3.78. The highest BCUT2D eigenvalue weighted by Crippen LogP contribution is 2.24. The summed E-state index contributed by atoms with van der Waals surface area (Å²) in [5.74, 6) is 0.555. The Labute approximate surface area is 201 Å². The third-order valence-electron chi connectivity index (χ3n) is 5.23. The second kappa shape index (κ2) is 10.4. The van der Waals surface area contributed by atoms with Gasteiger partial charge in [0, 0.05) is 7.05 Å². The van der Waals surface area contributed by atoms with E-state index < -0.39 is 6.03 Å². The molecule has 2 amide bonds. The summed E-state index contributed by atoms with van der Waals surface area (Å²) in [7, 11) is 1.69. The van der Waals surface area contributed by atoms with Gasteiger partial charge in [-0.2, -0.15) is 0 Å². The number of nitrogens with one attached hydrogen (secondary N) is 1. The highest BCUT2D eigenvalue weighted by molar-refractivity contribution is 6.29. The predicted octanol–water partition coefficient (Wildman–Crippen LogP) is 4.61. The topological polar surface area (TPSA) is 89.3 Å².